The van der Waals surface area contributed by atoms with Crippen LogP contribution in [0.25, 0.3) is 0 Å². The molecule has 1 unspecified atom stereocenters. The minimum Gasteiger partial charge on any atom is -0.348 e. The number of benzene rings is 1. The highest BCUT2D eigenvalue weighted by Crippen LogP contribution is 2.23. The number of aromatic nitrogens is 2. The summed E-state index contributed by atoms with van der Waals surface area (Å²) in [5, 5.41) is 6.17. The Morgan fingerprint density at radius 1 is 1.26 bits per heavy atom. The molecule has 2 aromatic rings. The molecule has 1 aromatic carbocycles. The number of amides is 1. The van der Waals surface area contributed by atoms with Crippen LogP contribution in [0.4, 0.5) is 11.5 Å². The smallest absolute Gasteiger partial charge is 0.270 e. The van der Waals surface area contributed by atoms with Gasteiger partial charge < -0.3 is 10.6 Å². The molecule has 6 heteroatoms. The van der Waals surface area contributed by atoms with Crippen LogP contribution in [-0.4, -0.2) is 21.9 Å². The Morgan fingerprint density at radius 2 is 2.00 bits per heavy atom. The van der Waals surface area contributed by atoms with Crippen LogP contribution in [0.3, 0.4) is 0 Å². The van der Waals surface area contributed by atoms with Crippen molar-refractivity contribution in [3.8, 4) is 0 Å². The van der Waals surface area contributed by atoms with Gasteiger partial charge in [-0.05, 0) is 51.0 Å². The van der Waals surface area contributed by atoms with Gasteiger partial charge in [0.25, 0.3) is 5.91 Å². The van der Waals surface area contributed by atoms with Crippen LogP contribution in [0.5, 0.6) is 0 Å². The van der Waals surface area contributed by atoms with Crippen LogP contribution in [0.2, 0.25) is 0 Å². The summed E-state index contributed by atoms with van der Waals surface area (Å²) < 4.78 is 1.02. The van der Waals surface area contributed by atoms with Crippen molar-refractivity contribution < 1.29 is 4.79 Å². The van der Waals surface area contributed by atoms with Crippen molar-refractivity contribution in [3.05, 3.63) is 45.8 Å². The highest BCUT2D eigenvalue weighted by atomic mass is 79.9. The largest absolute Gasteiger partial charge is 0.348 e. The van der Waals surface area contributed by atoms with Gasteiger partial charge in [-0.2, -0.15) is 0 Å². The van der Waals surface area contributed by atoms with Gasteiger partial charge in [-0.15, -0.1) is 0 Å². The van der Waals surface area contributed by atoms with Gasteiger partial charge in [0, 0.05) is 22.3 Å². The summed E-state index contributed by atoms with van der Waals surface area (Å²) in [6.07, 6.45) is 0.874. The number of halogens is 1. The Hall–Kier alpha value is -1.95. The third kappa shape index (κ3) is 4.76. The predicted molar refractivity (Wildman–Crippen MR) is 96.1 cm³/mol. The number of hydrogen-bond acceptors (Lipinski definition) is 4. The highest BCUT2D eigenvalue weighted by molar-refractivity contribution is 9.10. The molecule has 1 heterocycles. The average molecular weight is 377 g/mol. The van der Waals surface area contributed by atoms with E-state index < -0.39 is 0 Å². The average Bonchev–Trinajstić information content (AvgIpc) is 2.49. The summed E-state index contributed by atoms with van der Waals surface area (Å²) in [5.74, 6) is 0.983. The van der Waals surface area contributed by atoms with Gasteiger partial charge in [-0.1, -0.05) is 22.9 Å². The summed E-state index contributed by atoms with van der Waals surface area (Å²) in [7, 11) is 0. The van der Waals surface area contributed by atoms with Crippen molar-refractivity contribution in [2.45, 2.75) is 40.2 Å². The number of carbonyl (C=O) groups is 1. The van der Waals surface area contributed by atoms with E-state index in [1.807, 2.05) is 39.0 Å². The van der Waals surface area contributed by atoms with Crippen molar-refractivity contribution in [2.24, 2.45) is 0 Å². The minimum absolute atomic E-state index is 0.114. The van der Waals surface area contributed by atoms with Crippen LogP contribution in [0.1, 0.15) is 42.1 Å². The molecule has 0 spiro atoms. The zero-order chi connectivity index (χ0) is 17.0. The summed E-state index contributed by atoms with van der Waals surface area (Å²) in [6, 6.07) is 7.73. The van der Waals surface area contributed by atoms with E-state index in [4.69, 9.17) is 0 Å². The minimum atomic E-state index is -0.180. The van der Waals surface area contributed by atoms with Crippen LogP contribution in [0.15, 0.2) is 28.7 Å². The van der Waals surface area contributed by atoms with Gasteiger partial charge in [-0.3, -0.25) is 4.79 Å². The van der Waals surface area contributed by atoms with Gasteiger partial charge in [-0.25, -0.2) is 9.97 Å². The second kappa shape index (κ2) is 7.55. The fourth-order valence-corrected chi connectivity index (χ4v) is 2.53. The van der Waals surface area contributed by atoms with Crippen molar-refractivity contribution in [2.75, 3.05) is 5.32 Å². The molecule has 122 valence electrons. The van der Waals surface area contributed by atoms with Crippen molar-refractivity contribution in [1.82, 2.24) is 15.3 Å². The second-order valence-electron chi connectivity index (χ2n) is 5.55. The van der Waals surface area contributed by atoms with E-state index in [0.29, 0.717) is 17.3 Å². The molecule has 0 radical (unpaired) electrons. The first kappa shape index (κ1) is 17.4. The Bertz CT molecular complexity index is 718. The number of carbonyl (C=O) groups excluding carboxylic acids is 1. The van der Waals surface area contributed by atoms with Crippen molar-refractivity contribution in [3.63, 3.8) is 0 Å². The Morgan fingerprint density at radius 3 is 2.65 bits per heavy atom. The second-order valence-corrected chi connectivity index (χ2v) is 6.47. The number of nitrogens with zero attached hydrogens (tertiary/aromatic N) is 2. The molecule has 2 N–H and O–H groups in total. The standard InChI is InChI=1S/C17H21BrN4O/c1-5-11(3)19-17(23)15-9-16(21-12(4)20-15)22-14-7-6-13(18)8-10(14)2/h6-9,11H,5H2,1-4H3,(H,19,23)(H,20,21,22). The SMILES string of the molecule is CCC(C)NC(=O)c1cc(Nc2ccc(Br)cc2C)nc(C)n1. The van der Waals surface area contributed by atoms with E-state index in [9.17, 15) is 4.79 Å². The number of aryl methyl sites for hydroxylation is 2. The molecule has 0 bridgehead atoms. The molecule has 23 heavy (non-hydrogen) atoms. The summed E-state index contributed by atoms with van der Waals surface area (Å²) in [6.45, 7) is 7.78. The fraction of sp³-hybridized carbons (Fsp3) is 0.353. The summed E-state index contributed by atoms with van der Waals surface area (Å²) in [5.41, 5.74) is 2.40. The van der Waals surface area contributed by atoms with Gasteiger partial charge in [0.2, 0.25) is 0 Å². The maximum absolute atomic E-state index is 12.2. The fourth-order valence-electron chi connectivity index (χ4n) is 2.05. The lowest BCUT2D eigenvalue weighted by atomic mass is 10.2. The Kier molecular flexibility index (Phi) is 5.71. The number of nitrogens with one attached hydrogen (secondary N) is 2. The van der Waals surface area contributed by atoms with Gasteiger partial charge in [0.05, 0.1) is 0 Å². The van der Waals surface area contributed by atoms with E-state index in [2.05, 4.69) is 36.5 Å². The number of rotatable bonds is 5. The summed E-state index contributed by atoms with van der Waals surface area (Å²) >= 11 is 3.45. The topological polar surface area (TPSA) is 66.9 Å². The molecule has 1 aromatic heterocycles. The molecule has 0 aliphatic heterocycles. The molecule has 0 aliphatic carbocycles. The number of hydrogen-bond donors (Lipinski definition) is 2. The molecule has 2 rings (SSSR count). The van der Waals surface area contributed by atoms with E-state index in [1.54, 1.807) is 13.0 Å². The molecule has 5 nitrogen and oxygen atoms in total. The molecular weight excluding hydrogens is 356 g/mol. The monoisotopic (exact) mass is 376 g/mol. The lowest BCUT2D eigenvalue weighted by Crippen LogP contribution is -2.32. The molecular formula is C17H21BrN4O. The molecule has 0 saturated heterocycles. The Labute approximate surface area is 145 Å². The number of anilines is 2. The zero-order valence-electron chi connectivity index (χ0n) is 13.8. The van der Waals surface area contributed by atoms with E-state index in [1.165, 1.54) is 0 Å². The predicted octanol–water partition coefficient (Wildman–Crippen LogP) is 4.13. The van der Waals surface area contributed by atoms with Crippen LogP contribution in [0, 0.1) is 13.8 Å². The van der Waals surface area contributed by atoms with E-state index >= 15 is 0 Å². The lowest BCUT2D eigenvalue weighted by Gasteiger charge is -2.13. The maximum Gasteiger partial charge on any atom is 0.270 e. The van der Waals surface area contributed by atoms with Gasteiger partial charge in [0.1, 0.15) is 17.3 Å². The summed E-state index contributed by atoms with van der Waals surface area (Å²) in [4.78, 5) is 20.8. The van der Waals surface area contributed by atoms with Crippen LogP contribution >= 0.6 is 15.9 Å². The zero-order valence-corrected chi connectivity index (χ0v) is 15.4. The van der Waals surface area contributed by atoms with Gasteiger partial charge in [0.15, 0.2) is 0 Å². The van der Waals surface area contributed by atoms with E-state index in [-0.39, 0.29) is 11.9 Å². The van der Waals surface area contributed by atoms with Crippen LogP contribution in [-0.2, 0) is 0 Å². The third-order valence-electron chi connectivity index (χ3n) is 3.51. The van der Waals surface area contributed by atoms with E-state index in [0.717, 1.165) is 22.1 Å². The van der Waals surface area contributed by atoms with Crippen molar-refractivity contribution in [1.29, 1.82) is 0 Å². The van der Waals surface area contributed by atoms with Crippen LogP contribution < -0.4 is 10.6 Å². The lowest BCUT2D eigenvalue weighted by molar-refractivity contribution is 0.0934. The molecule has 0 aliphatic rings. The first-order chi connectivity index (χ1) is 10.9. The third-order valence-corrected chi connectivity index (χ3v) is 4.00. The van der Waals surface area contributed by atoms with Crippen molar-refractivity contribution >= 4 is 33.3 Å². The molecule has 1 atom stereocenters. The highest BCUT2D eigenvalue weighted by Gasteiger charge is 2.13. The first-order valence-corrected chi connectivity index (χ1v) is 8.38. The molecule has 0 fully saturated rings. The Balaban J connectivity index is 2.24. The maximum atomic E-state index is 12.2. The molecule has 0 saturated carbocycles. The quantitative estimate of drug-likeness (QED) is 0.822. The molecule has 1 amide bonds. The first-order valence-electron chi connectivity index (χ1n) is 7.58. The normalized spacial score (nSPS) is 11.9. The van der Waals surface area contributed by atoms with Gasteiger partial charge >= 0.3 is 0 Å².